The number of anilines is 1. The Morgan fingerprint density at radius 2 is 2.33 bits per heavy atom. The summed E-state index contributed by atoms with van der Waals surface area (Å²) >= 11 is 5.58. The maximum atomic E-state index is 5.58. The van der Waals surface area contributed by atoms with Gasteiger partial charge in [0.2, 0.25) is 5.89 Å². The summed E-state index contributed by atoms with van der Waals surface area (Å²) in [5.74, 6) is 1.53. The Balaban J connectivity index is 1.90. The largest absolute Gasteiger partial charge is 0.407 e. The van der Waals surface area contributed by atoms with E-state index in [0.29, 0.717) is 17.9 Å². The molecule has 0 bridgehead atoms. The number of rotatable bonds is 3. The van der Waals surface area contributed by atoms with Crippen molar-refractivity contribution >= 4 is 17.6 Å². The van der Waals surface area contributed by atoms with Crippen molar-refractivity contribution < 1.29 is 4.42 Å². The fourth-order valence-electron chi connectivity index (χ4n) is 2.11. The van der Waals surface area contributed by atoms with Crippen LogP contribution in [0, 0.1) is 5.92 Å². The lowest BCUT2D eigenvalue weighted by molar-refractivity contribution is 0.353. The van der Waals surface area contributed by atoms with Crippen molar-refractivity contribution in [2.75, 3.05) is 5.32 Å². The Kier molecular flexibility index (Phi) is 3.46. The summed E-state index contributed by atoms with van der Waals surface area (Å²) < 4.78 is 5.31. The van der Waals surface area contributed by atoms with Crippen LogP contribution < -0.4 is 5.32 Å². The zero-order chi connectivity index (χ0) is 10.7. The van der Waals surface area contributed by atoms with Gasteiger partial charge in [0.05, 0.1) is 0 Å². The minimum atomic E-state index is 0.274. The monoisotopic (exact) mass is 229 g/mol. The van der Waals surface area contributed by atoms with E-state index in [1.54, 1.807) is 0 Å². The molecule has 5 heteroatoms. The van der Waals surface area contributed by atoms with Crippen LogP contribution in [0.15, 0.2) is 4.42 Å². The number of halogens is 1. The molecule has 0 aliphatic heterocycles. The lowest BCUT2D eigenvalue weighted by Crippen LogP contribution is -2.26. The van der Waals surface area contributed by atoms with Crippen LogP contribution in [0.3, 0.4) is 0 Å². The van der Waals surface area contributed by atoms with Crippen LogP contribution in [-0.2, 0) is 5.88 Å². The van der Waals surface area contributed by atoms with Crippen molar-refractivity contribution in [1.29, 1.82) is 0 Å². The Hall–Kier alpha value is -0.770. The summed E-state index contributed by atoms with van der Waals surface area (Å²) in [6.07, 6.45) is 4.96. The standard InChI is InChI=1S/C10H16ClN3O/c1-7-3-2-4-8(5-7)12-10-14-13-9(6-11)15-10/h7-8H,2-6H2,1H3,(H,12,14). The normalized spacial score (nSPS) is 26.5. The molecule has 1 aromatic rings. The summed E-state index contributed by atoms with van der Waals surface area (Å²) in [6, 6.07) is 0.974. The second-order valence-corrected chi connectivity index (χ2v) is 4.51. The molecule has 0 aromatic carbocycles. The van der Waals surface area contributed by atoms with Gasteiger partial charge in [0, 0.05) is 6.04 Å². The zero-order valence-corrected chi connectivity index (χ0v) is 9.63. The first kappa shape index (κ1) is 10.7. The Labute approximate surface area is 94.4 Å². The van der Waals surface area contributed by atoms with E-state index in [1.165, 1.54) is 25.7 Å². The molecule has 84 valence electrons. The van der Waals surface area contributed by atoms with E-state index in [0.717, 1.165) is 5.92 Å². The number of hydrogen-bond donors (Lipinski definition) is 1. The first-order valence-corrected chi connectivity index (χ1v) is 5.96. The van der Waals surface area contributed by atoms with Gasteiger partial charge in [-0.1, -0.05) is 24.9 Å². The van der Waals surface area contributed by atoms with E-state index in [1.807, 2.05) is 0 Å². The van der Waals surface area contributed by atoms with Crippen LogP contribution in [-0.4, -0.2) is 16.2 Å². The van der Waals surface area contributed by atoms with Crippen molar-refractivity contribution in [3.8, 4) is 0 Å². The van der Waals surface area contributed by atoms with E-state index < -0.39 is 0 Å². The minimum Gasteiger partial charge on any atom is -0.407 e. The first-order valence-electron chi connectivity index (χ1n) is 5.43. The molecule has 1 aliphatic rings. The molecule has 1 N–H and O–H groups in total. The van der Waals surface area contributed by atoms with E-state index >= 15 is 0 Å². The molecule has 1 aliphatic carbocycles. The fourth-order valence-corrected chi connectivity index (χ4v) is 2.21. The Morgan fingerprint density at radius 3 is 3.00 bits per heavy atom. The van der Waals surface area contributed by atoms with Crippen LogP contribution in [0.2, 0.25) is 0 Å². The van der Waals surface area contributed by atoms with Gasteiger partial charge in [-0.15, -0.1) is 16.7 Å². The van der Waals surface area contributed by atoms with Gasteiger partial charge in [-0.3, -0.25) is 0 Å². The molecule has 1 aromatic heterocycles. The van der Waals surface area contributed by atoms with Crippen molar-refractivity contribution in [2.45, 2.75) is 44.5 Å². The van der Waals surface area contributed by atoms with Gasteiger partial charge < -0.3 is 9.73 Å². The third-order valence-electron chi connectivity index (χ3n) is 2.85. The average Bonchev–Trinajstić information content (AvgIpc) is 2.65. The number of nitrogens with one attached hydrogen (secondary N) is 1. The summed E-state index contributed by atoms with van der Waals surface area (Å²) in [6.45, 7) is 2.28. The highest BCUT2D eigenvalue weighted by Gasteiger charge is 2.20. The molecule has 1 heterocycles. The van der Waals surface area contributed by atoms with Crippen molar-refractivity contribution in [3.63, 3.8) is 0 Å². The van der Waals surface area contributed by atoms with Gasteiger partial charge in [-0.25, -0.2) is 0 Å². The van der Waals surface area contributed by atoms with Gasteiger partial charge in [-0.05, 0) is 18.8 Å². The molecule has 2 unspecified atom stereocenters. The number of hydrogen-bond acceptors (Lipinski definition) is 4. The highest BCUT2D eigenvalue weighted by molar-refractivity contribution is 6.16. The third kappa shape index (κ3) is 2.84. The molecule has 0 radical (unpaired) electrons. The molecule has 0 saturated heterocycles. The highest BCUT2D eigenvalue weighted by atomic mass is 35.5. The predicted octanol–water partition coefficient (Wildman–Crippen LogP) is 2.80. The molecule has 0 spiro atoms. The molecule has 1 saturated carbocycles. The van der Waals surface area contributed by atoms with E-state index in [2.05, 4.69) is 22.4 Å². The fraction of sp³-hybridized carbons (Fsp3) is 0.800. The highest BCUT2D eigenvalue weighted by Crippen LogP contribution is 2.25. The molecule has 2 rings (SSSR count). The van der Waals surface area contributed by atoms with Crippen LogP contribution in [0.5, 0.6) is 0 Å². The second kappa shape index (κ2) is 4.84. The number of aromatic nitrogens is 2. The lowest BCUT2D eigenvalue weighted by Gasteiger charge is -2.26. The zero-order valence-electron chi connectivity index (χ0n) is 8.87. The van der Waals surface area contributed by atoms with Gasteiger partial charge in [-0.2, -0.15) is 0 Å². The predicted molar refractivity (Wildman–Crippen MR) is 58.9 cm³/mol. The van der Waals surface area contributed by atoms with E-state index in [-0.39, 0.29) is 5.88 Å². The van der Waals surface area contributed by atoms with Crippen molar-refractivity contribution in [1.82, 2.24) is 10.2 Å². The molecule has 0 amide bonds. The first-order chi connectivity index (χ1) is 7.28. The minimum absolute atomic E-state index is 0.274. The van der Waals surface area contributed by atoms with Crippen molar-refractivity contribution in [3.05, 3.63) is 5.89 Å². The smallest absolute Gasteiger partial charge is 0.315 e. The summed E-state index contributed by atoms with van der Waals surface area (Å²) in [5.41, 5.74) is 0. The summed E-state index contributed by atoms with van der Waals surface area (Å²) in [5, 5.41) is 11.0. The summed E-state index contributed by atoms with van der Waals surface area (Å²) in [7, 11) is 0. The molecular formula is C10H16ClN3O. The van der Waals surface area contributed by atoms with Gasteiger partial charge in [0.15, 0.2) is 0 Å². The lowest BCUT2D eigenvalue weighted by atomic mass is 9.87. The molecule has 1 fully saturated rings. The molecule has 4 nitrogen and oxygen atoms in total. The molecule has 2 atom stereocenters. The van der Waals surface area contributed by atoms with Crippen LogP contribution in [0.4, 0.5) is 6.01 Å². The topological polar surface area (TPSA) is 51.0 Å². The van der Waals surface area contributed by atoms with Gasteiger partial charge >= 0.3 is 6.01 Å². The Bertz CT molecular complexity index is 315. The maximum absolute atomic E-state index is 5.58. The van der Waals surface area contributed by atoms with Gasteiger partial charge in [0.1, 0.15) is 5.88 Å². The van der Waals surface area contributed by atoms with Crippen LogP contribution in [0.25, 0.3) is 0 Å². The summed E-state index contributed by atoms with van der Waals surface area (Å²) in [4.78, 5) is 0. The third-order valence-corrected chi connectivity index (χ3v) is 3.07. The number of nitrogens with zero attached hydrogens (tertiary/aromatic N) is 2. The SMILES string of the molecule is CC1CCCC(Nc2nnc(CCl)o2)C1. The molecular weight excluding hydrogens is 214 g/mol. The van der Waals surface area contributed by atoms with Gasteiger partial charge in [0.25, 0.3) is 0 Å². The van der Waals surface area contributed by atoms with E-state index in [4.69, 9.17) is 16.0 Å². The number of alkyl halides is 1. The van der Waals surface area contributed by atoms with Crippen molar-refractivity contribution in [2.24, 2.45) is 5.92 Å². The second-order valence-electron chi connectivity index (χ2n) is 4.25. The quantitative estimate of drug-likeness (QED) is 0.810. The average molecular weight is 230 g/mol. The maximum Gasteiger partial charge on any atom is 0.315 e. The molecule has 15 heavy (non-hydrogen) atoms. The Morgan fingerprint density at radius 1 is 1.47 bits per heavy atom. The van der Waals surface area contributed by atoms with Crippen LogP contribution in [0.1, 0.15) is 38.5 Å². The van der Waals surface area contributed by atoms with Crippen LogP contribution >= 0.6 is 11.6 Å². The van der Waals surface area contributed by atoms with E-state index in [9.17, 15) is 0 Å².